The van der Waals surface area contributed by atoms with Crippen LogP contribution in [0, 0.1) is 18.3 Å². The van der Waals surface area contributed by atoms with Gasteiger partial charge in [0.25, 0.3) is 0 Å². The number of nitrogens with zero attached hydrogens (tertiary/aromatic N) is 2. The van der Waals surface area contributed by atoms with Gasteiger partial charge in [0.1, 0.15) is 9.88 Å². The van der Waals surface area contributed by atoms with Gasteiger partial charge in [-0.3, -0.25) is 0 Å². The second kappa shape index (κ2) is 6.55. The van der Waals surface area contributed by atoms with Crippen LogP contribution in [0.2, 0.25) is 0 Å². The Bertz CT molecular complexity index is 674. The van der Waals surface area contributed by atoms with Crippen LogP contribution in [0.25, 0.3) is 10.6 Å². The van der Waals surface area contributed by atoms with Gasteiger partial charge in [-0.1, -0.05) is 24.3 Å². The highest BCUT2D eigenvalue weighted by molar-refractivity contribution is 7.98. The molecule has 0 spiro atoms. The maximum atomic E-state index is 11.1. The minimum Gasteiger partial charge on any atom is -0.477 e. The number of hydrogen-bond donors (Lipinski definition) is 1. The van der Waals surface area contributed by atoms with Gasteiger partial charge in [0.15, 0.2) is 0 Å². The van der Waals surface area contributed by atoms with Crippen LogP contribution >= 0.6 is 23.1 Å². The summed E-state index contributed by atoms with van der Waals surface area (Å²) in [6.45, 7) is 1.70. The molecule has 0 unspecified atom stereocenters. The summed E-state index contributed by atoms with van der Waals surface area (Å²) >= 11 is 2.72. The molecule has 0 fully saturated rings. The molecule has 6 heteroatoms. The Hall–Kier alpha value is -1.84. The molecule has 0 saturated heterocycles. The minimum absolute atomic E-state index is 0.277. The molecule has 102 valence electrons. The second-order valence-corrected chi connectivity index (χ2v) is 6.03. The molecule has 20 heavy (non-hydrogen) atoms. The number of aromatic carboxylic acids is 1. The van der Waals surface area contributed by atoms with Gasteiger partial charge in [-0.25, -0.2) is 9.78 Å². The number of carboxylic acid groups (broad SMARTS) is 1. The van der Waals surface area contributed by atoms with Crippen LogP contribution in [0.5, 0.6) is 0 Å². The minimum atomic E-state index is -0.942. The monoisotopic (exact) mass is 304 g/mol. The molecule has 0 aliphatic rings. The Morgan fingerprint density at radius 3 is 2.90 bits per heavy atom. The van der Waals surface area contributed by atoms with Crippen LogP contribution in [0.1, 0.15) is 20.9 Å². The largest absolute Gasteiger partial charge is 0.477 e. The maximum absolute atomic E-state index is 11.1. The Morgan fingerprint density at radius 1 is 1.50 bits per heavy atom. The smallest absolute Gasteiger partial charge is 0.347 e. The van der Waals surface area contributed by atoms with Crippen molar-refractivity contribution in [2.75, 3.05) is 5.75 Å². The first-order chi connectivity index (χ1) is 9.63. The van der Waals surface area contributed by atoms with Crippen molar-refractivity contribution in [2.45, 2.75) is 12.7 Å². The van der Waals surface area contributed by atoms with Crippen LogP contribution in [0.4, 0.5) is 0 Å². The first-order valence-corrected chi connectivity index (χ1v) is 7.84. The Morgan fingerprint density at radius 2 is 2.25 bits per heavy atom. The van der Waals surface area contributed by atoms with Crippen LogP contribution < -0.4 is 0 Å². The number of thioether (sulfide) groups is 1. The summed E-state index contributed by atoms with van der Waals surface area (Å²) in [5.41, 5.74) is 2.55. The Balaban J connectivity index is 2.35. The van der Waals surface area contributed by atoms with Crippen LogP contribution in [-0.2, 0) is 5.75 Å². The molecule has 0 aliphatic heterocycles. The van der Waals surface area contributed by atoms with Crippen molar-refractivity contribution in [3.05, 3.63) is 40.4 Å². The third-order valence-electron chi connectivity index (χ3n) is 2.66. The molecule has 1 heterocycles. The molecule has 0 radical (unpaired) electrons. The number of carbonyl (C=O) groups is 1. The van der Waals surface area contributed by atoms with Gasteiger partial charge in [0.05, 0.1) is 17.5 Å². The number of hydrogen-bond acceptors (Lipinski definition) is 5. The predicted molar refractivity (Wildman–Crippen MR) is 81.0 cm³/mol. The van der Waals surface area contributed by atoms with E-state index in [-0.39, 0.29) is 4.88 Å². The molecule has 1 N–H and O–H groups in total. The van der Waals surface area contributed by atoms with Crippen molar-refractivity contribution in [1.29, 1.82) is 5.26 Å². The zero-order valence-corrected chi connectivity index (χ0v) is 12.4. The highest BCUT2D eigenvalue weighted by Gasteiger charge is 2.16. The summed E-state index contributed by atoms with van der Waals surface area (Å²) < 4.78 is 0. The van der Waals surface area contributed by atoms with Crippen LogP contribution in [-0.4, -0.2) is 21.8 Å². The molecule has 2 rings (SSSR count). The van der Waals surface area contributed by atoms with E-state index >= 15 is 0 Å². The van der Waals surface area contributed by atoms with E-state index < -0.39 is 5.97 Å². The number of benzene rings is 1. The van der Waals surface area contributed by atoms with Gasteiger partial charge < -0.3 is 5.11 Å². The fourth-order valence-electron chi connectivity index (χ4n) is 1.77. The number of rotatable bonds is 5. The SMILES string of the molecule is Cc1nc(-c2ccccc2CSCC#N)sc1C(=O)O. The van der Waals surface area contributed by atoms with Crippen molar-refractivity contribution in [1.82, 2.24) is 4.98 Å². The standard InChI is InChI=1S/C14H12N2O2S2/c1-9-12(14(17)18)20-13(16-9)11-5-3-2-4-10(11)8-19-7-6-15/h2-5H,7-8H2,1H3,(H,17,18). The van der Waals surface area contributed by atoms with E-state index in [2.05, 4.69) is 11.1 Å². The highest BCUT2D eigenvalue weighted by atomic mass is 32.2. The predicted octanol–water partition coefficient (Wildman–Crippen LogP) is 3.57. The summed E-state index contributed by atoms with van der Waals surface area (Å²) in [5, 5.41) is 18.4. The molecule has 0 aliphatic carbocycles. The van der Waals surface area contributed by atoms with Crippen molar-refractivity contribution in [3.63, 3.8) is 0 Å². The van der Waals surface area contributed by atoms with E-state index in [1.807, 2.05) is 24.3 Å². The van der Waals surface area contributed by atoms with Gasteiger partial charge in [-0.05, 0) is 12.5 Å². The fraction of sp³-hybridized carbons (Fsp3) is 0.214. The Labute approximate surface area is 125 Å². The second-order valence-electron chi connectivity index (χ2n) is 4.05. The van der Waals surface area contributed by atoms with Gasteiger partial charge in [0, 0.05) is 11.3 Å². The number of carboxylic acids is 1. The lowest BCUT2D eigenvalue weighted by Crippen LogP contribution is -1.94. The quantitative estimate of drug-likeness (QED) is 0.855. The number of thiazole rings is 1. The van der Waals surface area contributed by atoms with E-state index in [0.29, 0.717) is 22.2 Å². The third kappa shape index (κ3) is 3.18. The van der Waals surface area contributed by atoms with E-state index in [0.717, 1.165) is 11.1 Å². The first-order valence-electron chi connectivity index (χ1n) is 5.87. The lowest BCUT2D eigenvalue weighted by atomic mass is 10.1. The zero-order valence-electron chi connectivity index (χ0n) is 10.8. The summed E-state index contributed by atoms with van der Waals surface area (Å²) in [4.78, 5) is 15.7. The first kappa shape index (κ1) is 14.6. The van der Waals surface area contributed by atoms with Crippen molar-refractivity contribution in [2.24, 2.45) is 0 Å². The fourth-order valence-corrected chi connectivity index (χ4v) is 3.40. The van der Waals surface area contributed by atoms with Gasteiger partial charge in [0.2, 0.25) is 0 Å². The van der Waals surface area contributed by atoms with E-state index in [1.165, 1.54) is 23.1 Å². The molecule has 0 saturated carbocycles. The van der Waals surface area contributed by atoms with E-state index in [4.69, 9.17) is 10.4 Å². The van der Waals surface area contributed by atoms with Crippen LogP contribution in [0.15, 0.2) is 24.3 Å². The molecule has 1 aromatic carbocycles. The molecule has 1 aromatic heterocycles. The number of aryl methyl sites for hydroxylation is 1. The molecule has 0 atom stereocenters. The number of nitriles is 1. The lowest BCUT2D eigenvalue weighted by Gasteiger charge is -2.05. The Kier molecular flexibility index (Phi) is 4.77. The van der Waals surface area contributed by atoms with Crippen LogP contribution in [0.3, 0.4) is 0 Å². The zero-order chi connectivity index (χ0) is 14.5. The van der Waals surface area contributed by atoms with Gasteiger partial charge >= 0.3 is 5.97 Å². The van der Waals surface area contributed by atoms with E-state index in [1.54, 1.807) is 6.92 Å². The summed E-state index contributed by atoms with van der Waals surface area (Å²) in [6, 6.07) is 9.86. The van der Waals surface area contributed by atoms with Crippen molar-refractivity contribution < 1.29 is 9.90 Å². The molecular weight excluding hydrogens is 292 g/mol. The van der Waals surface area contributed by atoms with Gasteiger partial charge in [-0.2, -0.15) is 5.26 Å². The van der Waals surface area contributed by atoms with Crippen molar-refractivity contribution in [3.8, 4) is 16.6 Å². The summed E-state index contributed by atoms with van der Waals surface area (Å²) in [7, 11) is 0. The third-order valence-corrected chi connectivity index (χ3v) is 4.69. The molecule has 0 amide bonds. The summed E-state index contributed by atoms with van der Waals surface area (Å²) in [6.07, 6.45) is 0. The molecule has 4 nitrogen and oxygen atoms in total. The van der Waals surface area contributed by atoms with E-state index in [9.17, 15) is 4.79 Å². The van der Waals surface area contributed by atoms with Crippen molar-refractivity contribution >= 4 is 29.1 Å². The normalized spacial score (nSPS) is 10.2. The maximum Gasteiger partial charge on any atom is 0.347 e. The topological polar surface area (TPSA) is 74.0 Å². The highest BCUT2D eigenvalue weighted by Crippen LogP contribution is 2.31. The molecular formula is C14H12N2O2S2. The number of aromatic nitrogens is 1. The molecule has 2 aromatic rings. The van der Waals surface area contributed by atoms with Gasteiger partial charge in [-0.15, -0.1) is 23.1 Å². The average Bonchev–Trinajstić information content (AvgIpc) is 2.82. The lowest BCUT2D eigenvalue weighted by molar-refractivity contribution is 0.0701. The molecule has 0 bridgehead atoms. The summed E-state index contributed by atoms with van der Waals surface area (Å²) in [5.74, 6) is 0.207. The average molecular weight is 304 g/mol.